The summed E-state index contributed by atoms with van der Waals surface area (Å²) >= 11 is 6.05. The monoisotopic (exact) mass is 434 g/mol. The minimum atomic E-state index is -3.96. The van der Waals surface area contributed by atoms with E-state index in [1.165, 1.54) is 18.2 Å². The second-order valence-corrected chi connectivity index (χ2v) is 9.12. The molecule has 3 rings (SSSR count). The molecule has 0 aliphatic carbocycles. The number of amides is 1. The zero-order valence-corrected chi connectivity index (χ0v) is 17.7. The van der Waals surface area contributed by atoms with Gasteiger partial charge in [0.1, 0.15) is 6.54 Å². The number of hydrazone groups is 1. The summed E-state index contributed by atoms with van der Waals surface area (Å²) in [6.07, 6.45) is 1.55. The van der Waals surface area contributed by atoms with Gasteiger partial charge in [-0.05, 0) is 37.4 Å². The molecule has 0 spiro atoms. The summed E-state index contributed by atoms with van der Waals surface area (Å²) in [5.41, 5.74) is 3.71. The molecule has 0 aromatic heterocycles. The first kappa shape index (κ1) is 21.3. The molecule has 1 amide bonds. The van der Waals surface area contributed by atoms with Gasteiger partial charge in [0.25, 0.3) is 15.9 Å². The molecule has 0 radical (unpaired) electrons. The molecule has 0 atom stereocenters. The van der Waals surface area contributed by atoms with Gasteiger partial charge in [-0.1, -0.05) is 35.9 Å². The average molecular weight is 435 g/mol. The fourth-order valence-corrected chi connectivity index (χ4v) is 4.58. The predicted octanol–water partition coefficient (Wildman–Crippen LogP) is 2.73. The van der Waals surface area contributed by atoms with E-state index in [2.05, 4.69) is 15.4 Å². The number of likely N-dealkylation sites (tertiary alicyclic amines) is 1. The fourth-order valence-electron chi connectivity index (χ4n) is 2.96. The lowest BCUT2D eigenvalue weighted by molar-refractivity contribution is -0.119. The van der Waals surface area contributed by atoms with Gasteiger partial charge in [0.2, 0.25) is 0 Å². The Bertz CT molecular complexity index is 986. The van der Waals surface area contributed by atoms with Crippen LogP contribution < -0.4 is 9.73 Å². The first-order chi connectivity index (χ1) is 13.9. The Morgan fingerprint density at radius 1 is 1.14 bits per heavy atom. The van der Waals surface area contributed by atoms with Crippen molar-refractivity contribution in [2.75, 3.05) is 31.0 Å². The molecule has 1 fully saturated rings. The van der Waals surface area contributed by atoms with Gasteiger partial charge < -0.3 is 4.90 Å². The third-order valence-corrected chi connectivity index (χ3v) is 6.64. The number of nitrogens with one attached hydrogen (secondary N) is 1. The van der Waals surface area contributed by atoms with E-state index in [1.807, 2.05) is 7.05 Å². The maximum atomic E-state index is 13.2. The van der Waals surface area contributed by atoms with Crippen LogP contribution in [0.15, 0.2) is 64.6 Å². The van der Waals surface area contributed by atoms with Gasteiger partial charge in [0.05, 0.1) is 10.6 Å². The Labute approximate surface area is 176 Å². The number of hydrogen-bond donors (Lipinski definition) is 1. The summed E-state index contributed by atoms with van der Waals surface area (Å²) in [5.74, 6) is -0.518. The lowest BCUT2D eigenvalue weighted by Crippen LogP contribution is -2.40. The molecule has 7 nitrogen and oxygen atoms in total. The number of carbonyl (C=O) groups excluding carboxylic acids is 1. The van der Waals surface area contributed by atoms with Crippen LogP contribution in [0.3, 0.4) is 0 Å². The topological polar surface area (TPSA) is 82.1 Å². The highest BCUT2D eigenvalue weighted by atomic mass is 35.5. The fraction of sp³-hybridized carbons (Fsp3) is 0.300. The number of halogens is 1. The van der Waals surface area contributed by atoms with E-state index in [-0.39, 0.29) is 4.90 Å². The molecule has 1 saturated heterocycles. The third-order valence-electron chi connectivity index (χ3n) is 4.62. The van der Waals surface area contributed by atoms with Crippen LogP contribution >= 0.6 is 11.6 Å². The quantitative estimate of drug-likeness (QED) is 0.709. The van der Waals surface area contributed by atoms with Crippen LogP contribution in [0.2, 0.25) is 5.02 Å². The summed E-state index contributed by atoms with van der Waals surface area (Å²) in [4.78, 5) is 14.8. The molecule has 9 heteroatoms. The second-order valence-electron chi connectivity index (χ2n) is 6.82. The van der Waals surface area contributed by atoms with Crippen molar-refractivity contribution in [3.8, 4) is 0 Å². The van der Waals surface area contributed by atoms with Gasteiger partial charge in [-0.15, -0.1) is 0 Å². The highest BCUT2D eigenvalue weighted by Crippen LogP contribution is 2.25. The molecule has 0 unspecified atom stereocenters. The van der Waals surface area contributed by atoms with E-state index >= 15 is 0 Å². The molecule has 2 aromatic rings. The first-order valence-corrected chi connectivity index (χ1v) is 11.0. The largest absolute Gasteiger partial charge is 0.306 e. The molecule has 29 heavy (non-hydrogen) atoms. The molecule has 1 aliphatic heterocycles. The number of nitrogens with zero attached hydrogens (tertiary/aromatic N) is 3. The SMILES string of the molecule is CN1CCC(=NNC(=O)CN(c2cccc(Cl)c2)S(=O)(=O)c2ccccc2)CC1. The summed E-state index contributed by atoms with van der Waals surface area (Å²) in [6, 6.07) is 14.4. The lowest BCUT2D eigenvalue weighted by Gasteiger charge is -2.24. The molecule has 0 saturated carbocycles. The van der Waals surface area contributed by atoms with Crippen LogP contribution in [0.4, 0.5) is 5.69 Å². The van der Waals surface area contributed by atoms with E-state index in [0.29, 0.717) is 10.7 Å². The van der Waals surface area contributed by atoms with Gasteiger partial charge >= 0.3 is 0 Å². The number of hydrogen-bond acceptors (Lipinski definition) is 5. The van der Waals surface area contributed by atoms with Gasteiger partial charge in [-0.25, -0.2) is 13.8 Å². The van der Waals surface area contributed by atoms with E-state index in [1.54, 1.807) is 36.4 Å². The number of rotatable bonds is 6. The van der Waals surface area contributed by atoms with Crippen molar-refractivity contribution in [2.45, 2.75) is 17.7 Å². The van der Waals surface area contributed by atoms with E-state index < -0.39 is 22.5 Å². The van der Waals surface area contributed by atoms with Gasteiger partial charge in [0, 0.05) is 36.7 Å². The van der Waals surface area contributed by atoms with Gasteiger partial charge in [-0.2, -0.15) is 5.10 Å². The van der Waals surface area contributed by atoms with Crippen molar-refractivity contribution in [1.82, 2.24) is 10.3 Å². The van der Waals surface area contributed by atoms with Gasteiger partial charge in [0.15, 0.2) is 0 Å². The molecule has 0 bridgehead atoms. The zero-order valence-electron chi connectivity index (χ0n) is 16.1. The lowest BCUT2D eigenvalue weighted by atomic mass is 10.1. The Morgan fingerprint density at radius 3 is 2.48 bits per heavy atom. The second kappa shape index (κ2) is 9.39. The number of carbonyl (C=O) groups is 1. The molecule has 154 valence electrons. The van der Waals surface area contributed by atoms with Crippen molar-refractivity contribution in [3.05, 3.63) is 59.6 Å². The predicted molar refractivity (Wildman–Crippen MR) is 115 cm³/mol. The number of sulfonamides is 1. The normalized spacial score (nSPS) is 15.0. The van der Waals surface area contributed by atoms with Crippen molar-refractivity contribution in [2.24, 2.45) is 5.10 Å². The van der Waals surface area contributed by atoms with Crippen LogP contribution in [0.1, 0.15) is 12.8 Å². The average Bonchev–Trinajstić information content (AvgIpc) is 2.72. The molecule has 1 N–H and O–H groups in total. The van der Waals surface area contributed by atoms with E-state index in [4.69, 9.17) is 11.6 Å². The standard InChI is InChI=1S/C20H23ClN4O3S/c1-24-12-10-17(11-13-24)22-23-20(26)15-25(18-7-5-6-16(21)14-18)29(27,28)19-8-3-2-4-9-19/h2-9,14H,10-13,15H2,1H3,(H,23,26). The Hall–Kier alpha value is -2.42. The van der Waals surface area contributed by atoms with E-state index in [0.717, 1.165) is 35.9 Å². The Balaban J connectivity index is 1.82. The zero-order chi connectivity index (χ0) is 20.9. The maximum Gasteiger partial charge on any atom is 0.264 e. The van der Waals surface area contributed by atoms with Crippen molar-refractivity contribution in [3.63, 3.8) is 0 Å². The number of piperidine rings is 1. The molecule has 1 aliphatic rings. The maximum absolute atomic E-state index is 13.2. The summed E-state index contributed by atoms with van der Waals surface area (Å²) < 4.78 is 27.4. The van der Waals surface area contributed by atoms with Gasteiger partial charge in [-0.3, -0.25) is 9.10 Å². The highest BCUT2D eigenvalue weighted by Gasteiger charge is 2.27. The minimum absolute atomic E-state index is 0.0920. The van der Waals surface area contributed by atoms with Crippen molar-refractivity contribution < 1.29 is 13.2 Å². The number of benzene rings is 2. The Kier molecular flexibility index (Phi) is 6.89. The van der Waals surface area contributed by atoms with Crippen LogP contribution in [-0.4, -0.2) is 51.6 Å². The summed E-state index contributed by atoms with van der Waals surface area (Å²) in [6.45, 7) is 1.35. The van der Waals surface area contributed by atoms with E-state index in [9.17, 15) is 13.2 Å². The molecular weight excluding hydrogens is 412 g/mol. The highest BCUT2D eigenvalue weighted by molar-refractivity contribution is 7.92. The van der Waals surface area contributed by atoms with Crippen molar-refractivity contribution in [1.29, 1.82) is 0 Å². The third kappa shape index (κ3) is 5.56. The van der Waals surface area contributed by atoms with Crippen molar-refractivity contribution >= 4 is 38.9 Å². The first-order valence-electron chi connectivity index (χ1n) is 9.22. The summed E-state index contributed by atoms with van der Waals surface area (Å²) in [7, 11) is -1.92. The minimum Gasteiger partial charge on any atom is -0.306 e. The van der Waals surface area contributed by atoms with Crippen LogP contribution in [0, 0.1) is 0 Å². The summed E-state index contributed by atoms with van der Waals surface area (Å²) in [5, 5.41) is 4.56. The molecule has 1 heterocycles. The number of anilines is 1. The Morgan fingerprint density at radius 2 is 1.83 bits per heavy atom. The molecular formula is C20H23ClN4O3S. The van der Waals surface area contributed by atoms with Crippen LogP contribution in [-0.2, 0) is 14.8 Å². The molecule has 2 aromatic carbocycles. The van der Waals surface area contributed by atoms with Crippen LogP contribution in [0.5, 0.6) is 0 Å². The smallest absolute Gasteiger partial charge is 0.264 e. The van der Waals surface area contributed by atoms with Crippen LogP contribution in [0.25, 0.3) is 0 Å².